The minimum absolute atomic E-state index is 0.0453. The lowest BCUT2D eigenvalue weighted by Crippen LogP contribution is -2.46. The van der Waals surface area contributed by atoms with Crippen molar-refractivity contribution in [2.75, 3.05) is 37.6 Å². The van der Waals surface area contributed by atoms with Crippen molar-refractivity contribution in [3.05, 3.63) is 5.82 Å². The zero-order valence-corrected chi connectivity index (χ0v) is 15.1. The summed E-state index contributed by atoms with van der Waals surface area (Å²) in [5, 5.41) is 6.01. The number of carbonyl (C=O) groups is 1. The van der Waals surface area contributed by atoms with Crippen LogP contribution in [0.1, 0.15) is 44.3 Å². The van der Waals surface area contributed by atoms with Crippen molar-refractivity contribution in [2.24, 2.45) is 5.41 Å². The Morgan fingerprint density at radius 1 is 1.15 bits per heavy atom. The predicted octanol–water partition coefficient (Wildman–Crippen LogP) is 2.05. The van der Waals surface area contributed by atoms with Gasteiger partial charge in [-0.1, -0.05) is 0 Å². The van der Waals surface area contributed by atoms with Gasteiger partial charge in [-0.3, -0.25) is 4.79 Å². The van der Waals surface area contributed by atoms with Crippen LogP contribution in [0.2, 0.25) is 0 Å². The summed E-state index contributed by atoms with van der Waals surface area (Å²) in [7, 11) is 0. The number of alkyl halides is 3. The van der Waals surface area contributed by atoms with Crippen LogP contribution in [0.3, 0.4) is 0 Å². The highest BCUT2D eigenvalue weighted by atomic mass is 19.4. The van der Waals surface area contributed by atoms with Gasteiger partial charge < -0.3 is 19.6 Å². The van der Waals surface area contributed by atoms with Crippen molar-refractivity contribution in [2.45, 2.75) is 50.7 Å². The lowest BCUT2D eigenvalue weighted by atomic mass is 9.77. The lowest BCUT2D eigenvalue weighted by molar-refractivity contribution is -0.146. The highest BCUT2D eigenvalue weighted by Crippen LogP contribution is 2.38. The average Bonchev–Trinajstić information content (AvgIpc) is 3.17. The Bertz CT molecular complexity index is 684. The standard InChI is InChI=1S/C17H24F3N5O2/c18-17(19,20)14-22-15(27-23-14)25-6-1-2-12(3-7-25)24-8-4-16(5-9-24)10-13(26)21-11-16/h12H,1-11H2,(H,21,26). The SMILES string of the molecule is O=C1CC2(CCN(C3CCCN(c4nc(C(F)(F)F)no4)CC3)CC2)CN1. The van der Waals surface area contributed by atoms with Crippen LogP contribution in [0, 0.1) is 5.41 Å². The maximum Gasteiger partial charge on any atom is 0.455 e. The van der Waals surface area contributed by atoms with Crippen molar-refractivity contribution in [3.63, 3.8) is 0 Å². The zero-order chi connectivity index (χ0) is 19.1. The van der Waals surface area contributed by atoms with Crippen molar-refractivity contribution in [1.82, 2.24) is 20.4 Å². The molecular formula is C17H24F3N5O2. The molecule has 1 spiro atoms. The number of hydrogen-bond acceptors (Lipinski definition) is 6. The maximum atomic E-state index is 12.7. The van der Waals surface area contributed by atoms with Gasteiger partial charge in [0, 0.05) is 32.1 Å². The summed E-state index contributed by atoms with van der Waals surface area (Å²) in [4.78, 5) is 19.3. The van der Waals surface area contributed by atoms with Gasteiger partial charge in [0.2, 0.25) is 5.91 Å². The molecule has 0 aliphatic carbocycles. The first-order valence-electron chi connectivity index (χ1n) is 9.51. The van der Waals surface area contributed by atoms with Crippen LogP contribution < -0.4 is 10.2 Å². The first-order chi connectivity index (χ1) is 12.8. The number of nitrogens with one attached hydrogen (secondary N) is 1. The molecule has 150 valence electrons. The monoisotopic (exact) mass is 387 g/mol. The molecule has 0 saturated carbocycles. The number of rotatable bonds is 2. The lowest BCUT2D eigenvalue weighted by Gasteiger charge is -2.41. The van der Waals surface area contributed by atoms with Crippen LogP contribution in [0.5, 0.6) is 0 Å². The van der Waals surface area contributed by atoms with E-state index < -0.39 is 12.0 Å². The third-order valence-corrected chi connectivity index (χ3v) is 6.21. The van der Waals surface area contributed by atoms with E-state index in [2.05, 4.69) is 20.4 Å². The average molecular weight is 387 g/mol. The number of anilines is 1. The van der Waals surface area contributed by atoms with E-state index in [9.17, 15) is 18.0 Å². The molecule has 1 aromatic heterocycles. The van der Waals surface area contributed by atoms with Crippen LogP contribution in [-0.2, 0) is 11.0 Å². The van der Waals surface area contributed by atoms with Gasteiger partial charge in [0.1, 0.15) is 0 Å². The molecule has 0 aromatic carbocycles. The van der Waals surface area contributed by atoms with E-state index in [1.807, 2.05) is 0 Å². The first-order valence-corrected chi connectivity index (χ1v) is 9.51. The summed E-state index contributed by atoms with van der Waals surface area (Å²) in [6.07, 6.45) is 0.814. The van der Waals surface area contributed by atoms with Crippen LogP contribution in [0.4, 0.5) is 19.2 Å². The van der Waals surface area contributed by atoms with E-state index in [0.717, 1.165) is 51.7 Å². The van der Waals surface area contributed by atoms with Gasteiger partial charge in [-0.05, 0) is 55.8 Å². The highest BCUT2D eigenvalue weighted by Gasteiger charge is 2.42. The molecular weight excluding hydrogens is 363 g/mol. The summed E-state index contributed by atoms with van der Waals surface area (Å²) in [5.74, 6) is -1.06. The smallest absolute Gasteiger partial charge is 0.356 e. The number of aromatic nitrogens is 2. The Kier molecular flexibility index (Phi) is 4.77. The van der Waals surface area contributed by atoms with Gasteiger partial charge >= 0.3 is 12.2 Å². The Hall–Kier alpha value is -1.84. The molecule has 4 heterocycles. The van der Waals surface area contributed by atoms with E-state index >= 15 is 0 Å². The third-order valence-electron chi connectivity index (χ3n) is 6.21. The Labute approximate surface area is 155 Å². The number of hydrogen-bond donors (Lipinski definition) is 1. The first kappa shape index (κ1) is 18.5. The fourth-order valence-electron chi connectivity index (χ4n) is 4.56. The Morgan fingerprint density at radius 2 is 1.93 bits per heavy atom. The summed E-state index contributed by atoms with van der Waals surface area (Å²) in [5.41, 5.74) is 0.127. The topological polar surface area (TPSA) is 74.5 Å². The van der Waals surface area contributed by atoms with Crippen molar-refractivity contribution in [3.8, 4) is 0 Å². The Morgan fingerprint density at radius 3 is 2.56 bits per heavy atom. The molecule has 1 aromatic rings. The van der Waals surface area contributed by atoms with E-state index in [-0.39, 0.29) is 17.3 Å². The molecule has 1 atom stereocenters. The van der Waals surface area contributed by atoms with E-state index in [4.69, 9.17) is 4.52 Å². The number of piperidine rings is 1. The number of nitrogens with zero attached hydrogens (tertiary/aromatic N) is 4. The van der Waals surface area contributed by atoms with Gasteiger partial charge in [-0.25, -0.2) is 0 Å². The number of carbonyl (C=O) groups excluding carboxylic acids is 1. The second-order valence-electron chi connectivity index (χ2n) is 7.96. The second kappa shape index (κ2) is 6.96. The van der Waals surface area contributed by atoms with Crippen molar-refractivity contribution < 1.29 is 22.5 Å². The van der Waals surface area contributed by atoms with E-state index in [1.165, 1.54) is 0 Å². The van der Waals surface area contributed by atoms with Gasteiger partial charge in [-0.15, -0.1) is 0 Å². The van der Waals surface area contributed by atoms with Crippen LogP contribution in [0.15, 0.2) is 4.52 Å². The predicted molar refractivity (Wildman–Crippen MR) is 90.0 cm³/mol. The summed E-state index contributed by atoms with van der Waals surface area (Å²) in [6, 6.07) is 0.360. The molecule has 0 radical (unpaired) electrons. The second-order valence-corrected chi connectivity index (χ2v) is 7.96. The number of halogens is 3. The van der Waals surface area contributed by atoms with Crippen molar-refractivity contribution in [1.29, 1.82) is 0 Å². The number of amides is 1. The van der Waals surface area contributed by atoms with Crippen LogP contribution >= 0.6 is 0 Å². The maximum absolute atomic E-state index is 12.7. The molecule has 10 heteroatoms. The molecule has 3 saturated heterocycles. The normalized spacial score (nSPS) is 27.0. The molecule has 1 amide bonds. The highest BCUT2D eigenvalue weighted by molar-refractivity contribution is 5.79. The van der Waals surface area contributed by atoms with Gasteiger partial charge in [0.15, 0.2) is 0 Å². The van der Waals surface area contributed by atoms with E-state index in [0.29, 0.717) is 25.6 Å². The van der Waals surface area contributed by atoms with Gasteiger partial charge in [-0.2, -0.15) is 18.2 Å². The minimum atomic E-state index is -4.59. The van der Waals surface area contributed by atoms with Crippen molar-refractivity contribution >= 4 is 11.9 Å². The molecule has 27 heavy (non-hydrogen) atoms. The summed E-state index contributed by atoms with van der Waals surface area (Å²) in [6.45, 7) is 3.95. The fourth-order valence-corrected chi connectivity index (χ4v) is 4.56. The molecule has 1 unspecified atom stereocenters. The number of likely N-dealkylation sites (tertiary alicyclic amines) is 1. The van der Waals surface area contributed by atoms with Gasteiger partial charge in [0.05, 0.1) is 0 Å². The van der Waals surface area contributed by atoms with Crippen LogP contribution in [0.25, 0.3) is 0 Å². The quantitative estimate of drug-likeness (QED) is 0.837. The van der Waals surface area contributed by atoms with Crippen LogP contribution in [-0.4, -0.2) is 59.7 Å². The summed E-state index contributed by atoms with van der Waals surface area (Å²) < 4.78 is 42.8. The molecule has 7 nitrogen and oxygen atoms in total. The Balaban J connectivity index is 1.33. The van der Waals surface area contributed by atoms with Gasteiger partial charge in [0.25, 0.3) is 5.82 Å². The molecule has 3 aliphatic rings. The molecule has 0 bridgehead atoms. The largest absolute Gasteiger partial charge is 0.455 e. The summed E-state index contributed by atoms with van der Waals surface area (Å²) >= 11 is 0. The minimum Gasteiger partial charge on any atom is -0.356 e. The van der Waals surface area contributed by atoms with E-state index in [1.54, 1.807) is 4.90 Å². The third kappa shape index (κ3) is 3.90. The molecule has 1 N–H and O–H groups in total. The zero-order valence-electron chi connectivity index (χ0n) is 15.1. The molecule has 4 rings (SSSR count). The molecule has 3 aliphatic heterocycles. The fraction of sp³-hybridized carbons (Fsp3) is 0.824. The molecule has 3 fully saturated rings.